The molecule has 0 aliphatic carbocycles. The molecule has 3 nitrogen and oxygen atoms in total. The number of carbonyl (C=O) groups excluding carboxylic acids is 1. The van der Waals surface area contributed by atoms with Gasteiger partial charge in [-0.1, -0.05) is 39.7 Å². The van der Waals surface area contributed by atoms with Crippen LogP contribution in [0.2, 0.25) is 5.02 Å². The Morgan fingerprint density at radius 3 is 2.95 bits per heavy atom. The molecule has 1 aliphatic rings. The standard InChI is InChI=1S/C16H14BrClN2O/c17-12-6-11(7-13(18)8-12)16(21)20-15-3-1-2-10-4-5-19-9-14(10)15/h1-3,6-8,19H,4-5,9H2,(H,20,21). The summed E-state index contributed by atoms with van der Waals surface area (Å²) >= 11 is 9.34. The van der Waals surface area contributed by atoms with Crippen LogP contribution in [-0.2, 0) is 13.0 Å². The van der Waals surface area contributed by atoms with Gasteiger partial charge in [0.25, 0.3) is 5.91 Å². The van der Waals surface area contributed by atoms with Gasteiger partial charge in [-0.05, 0) is 48.4 Å². The van der Waals surface area contributed by atoms with Gasteiger partial charge in [0.1, 0.15) is 0 Å². The fourth-order valence-corrected chi connectivity index (χ4v) is 3.37. The minimum atomic E-state index is -0.155. The number of halogens is 2. The molecule has 0 bridgehead atoms. The van der Waals surface area contributed by atoms with Crippen molar-refractivity contribution in [3.05, 3.63) is 62.6 Å². The zero-order valence-electron chi connectivity index (χ0n) is 11.2. The third-order valence-electron chi connectivity index (χ3n) is 3.52. The van der Waals surface area contributed by atoms with Gasteiger partial charge in [-0.3, -0.25) is 4.79 Å². The second kappa shape index (κ2) is 6.18. The van der Waals surface area contributed by atoms with Crippen molar-refractivity contribution in [2.45, 2.75) is 13.0 Å². The normalized spacial score (nSPS) is 13.6. The van der Waals surface area contributed by atoms with Gasteiger partial charge in [-0.15, -0.1) is 0 Å². The van der Waals surface area contributed by atoms with Crippen LogP contribution in [-0.4, -0.2) is 12.5 Å². The monoisotopic (exact) mass is 364 g/mol. The molecule has 1 heterocycles. The van der Waals surface area contributed by atoms with Gasteiger partial charge in [0.15, 0.2) is 0 Å². The molecule has 0 atom stereocenters. The van der Waals surface area contributed by atoms with Gasteiger partial charge in [0, 0.05) is 27.3 Å². The molecule has 3 rings (SSSR count). The summed E-state index contributed by atoms with van der Waals surface area (Å²) in [6.07, 6.45) is 0.988. The fourth-order valence-electron chi connectivity index (χ4n) is 2.51. The van der Waals surface area contributed by atoms with Crippen molar-refractivity contribution in [1.29, 1.82) is 0 Å². The third-order valence-corrected chi connectivity index (χ3v) is 4.19. The maximum absolute atomic E-state index is 12.4. The van der Waals surface area contributed by atoms with Crippen LogP contribution < -0.4 is 10.6 Å². The topological polar surface area (TPSA) is 41.1 Å². The number of fused-ring (bicyclic) bond motifs is 1. The van der Waals surface area contributed by atoms with Crippen molar-refractivity contribution in [2.75, 3.05) is 11.9 Å². The molecule has 1 amide bonds. The van der Waals surface area contributed by atoms with Gasteiger partial charge >= 0.3 is 0 Å². The summed E-state index contributed by atoms with van der Waals surface area (Å²) in [4.78, 5) is 12.4. The molecule has 0 fully saturated rings. The Morgan fingerprint density at radius 1 is 1.29 bits per heavy atom. The minimum absolute atomic E-state index is 0.155. The zero-order valence-corrected chi connectivity index (χ0v) is 13.6. The van der Waals surface area contributed by atoms with Gasteiger partial charge in [-0.25, -0.2) is 0 Å². The van der Waals surface area contributed by atoms with Gasteiger partial charge in [0.2, 0.25) is 0 Å². The highest BCUT2D eigenvalue weighted by Gasteiger charge is 2.15. The predicted octanol–water partition coefficient (Wildman–Crippen LogP) is 4.00. The van der Waals surface area contributed by atoms with E-state index in [2.05, 4.69) is 32.6 Å². The molecule has 2 N–H and O–H groups in total. The third kappa shape index (κ3) is 3.28. The SMILES string of the molecule is O=C(Nc1cccc2c1CNCC2)c1cc(Cl)cc(Br)c1. The average molecular weight is 366 g/mol. The lowest BCUT2D eigenvalue weighted by Gasteiger charge is -2.20. The number of rotatable bonds is 2. The van der Waals surface area contributed by atoms with Crippen LogP contribution in [0.15, 0.2) is 40.9 Å². The quantitative estimate of drug-likeness (QED) is 0.844. The Labute approximate surface area is 136 Å². The molecule has 0 radical (unpaired) electrons. The lowest BCUT2D eigenvalue weighted by Crippen LogP contribution is -2.25. The molecule has 0 unspecified atom stereocenters. The molecule has 108 valence electrons. The molecule has 0 spiro atoms. The Bertz CT molecular complexity index is 682. The van der Waals surface area contributed by atoms with E-state index < -0.39 is 0 Å². The Balaban J connectivity index is 1.88. The number of nitrogens with one attached hydrogen (secondary N) is 2. The molecule has 0 saturated carbocycles. The molecule has 2 aromatic rings. The molecule has 21 heavy (non-hydrogen) atoms. The summed E-state index contributed by atoms with van der Waals surface area (Å²) in [5, 5.41) is 6.85. The van der Waals surface area contributed by atoms with Crippen LogP contribution in [0.3, 0.4) is 0 Å². The summed E-state index contributed by atoms with van der Waals surface area (Å²) in [6, 6.07) is 11.2. The summed E-state index contributed by atoms with van der Waals surface area (Å²) < 4.78 is 0.789. The largest absolute Gasteiger partial charge is 0.322 e. The van der Waals surface area contributed by atoms with Gasteiger partial charge < -0.3 is 10.6 Å². The second-order valence-electron chi connectivity index (χ2n) is 4.98. The van der Waals surface area contributed by atoms with E-state index in [0.717, 1.165) is 35.2 Å². The Hall–Kier alpha value is -1.36. The molecule has 5 heteroatoms. The first-order valence-electron chi connectivity index (χ1n) is 6.72. The maximum Gasteiger partial charge on any atom is 0.255 e. The molecule has 0 saturated heterocycles. The van der Waals surface area contributed by atoms with E-state index in [1.165, 1.54) is 5.56 Å². The van der Waals surface area contributed by atoms with E-state index in [-0.39, 0.29) is 5.91 Å². The second-order valence-corrected chi connectivity index (χ2v) is 6.33. The Morgan fingerprint density at radius 2 is 2.14 bits per heavy atom. The minimum Gasteiger partial charge on any atom is -0.322 e. The lowest BCUT2D eigenvalue weighted by molar-refractivity contribution is 0.102. The first-order valence-corrected chi connectivity index (χ1v) is 7.89. The summed E-state index contributed by atoms with van der Waals surface area (Å²) in [7, 11) is 0. The van der Waals surface area contributed by atoms with Crippen molar-refractivity contribution >= 4 is 39.1 Å². The number of carbonyl (C=O) groups is 1. The number of hydrogen-bond donors (Lipinski definition) is 2. The molecular weight excluding hydrogens is 352 g/mol. The molecule has 2 aromatic carbocycles. The molecule has 1 aliphatic heterocycles. The number of anilines is 1. The highest BCUT2D eigenvalue weighted by Crippen LogP contribution is 2.25. The maximum atomic E-state index is 12.4. The summed E-state index contributed by atoms with van der Waals surface area (Å²) in [5.41, 5.74) is 3.86. The fraction of sp³-hybridized carbons (Fsp3) is 0.188. The van der Waals surface area contributed by atoms with Crippen LogP contribution in [0.4, 0.5) is 5.69 Å². The van der Waals surface area contributed by atoms with Gasteiger partial charge in [0.05, 0.1) is 0 Å². The summed E-state index contributed by atoms with van der Waals surface area (Å²) in [6.45, 7) is 1.76. The highest BCUT2D eigenvalue weighted by atomic mass is 79.9. The average Bonchev–Trinajstić information content (AvgIpc) is 2.46. The predicted molar refractivity (Wildman–Crippen MR) is 89.0 cm³/mol. The zero-order chi connectivity index (χ0) is 14.8. The Kier molecular flexibility index (Phi) is 4.29. The highest BCUT2D eigenvalue weighted by molar-refractivity contribution is 9.10. The van der Waals surface area contributed by atoms with Crippen LogP contribution in [0.5, 0.6) is 0 Å². The summed E-state index contributed by atoms with van der Waals surface area (Å²) in [5.74, 6) is -0.155. The van der Waals surface area contributed by atoms with E-state index >= 15 is 0 Å². The van der Waals surface area contributed by atoms with E-state index in [9.17, 15) is 4.79 Å². The van der Waals surface area contributed by atoms with E-state index in [1.807, 2.05) is 12.1 Å². The number of amides is 1. The number of hydrogen-bond acceptors (Lipinski definition) is 2. The first-order chi connectivity index (χ1) is 10.1. The first kappa shape index (κ1) is 14.6. The van der Waals surface area contributed by atoms with E-state index in [1.54, 1.807) is 18.2 Å². The number of benzene rings is 2. The van der Waals surface area contributed by atoms with Crippen molar-refractivity contribution in [3.63, 3.8) is 0 Å². The van der Waals surface area contributed by atoms with E-state index in [0.29, 0.717) is 10.6 Å². The lowest BCUT2D eigenvalue weighted by atomic mass is 9.99. The van der Waals surface area contributed by atoms with Crippen LogP contribution in [0, 0.1) is 0 Å². The van der Waals surface area contributed by atoms with Crippen LogP contribution in [0.25, 0.3) is 0 Å². The van der Waals surface area contributed by atoms with Gasteiger partial charge in [-0.2, -0.15) is 0 Å². The molecule has 0 aromatic heterocycles. The van der Waals surface area contributed by atoms with Crippen molar-refractivity contribution in [2.24, 2.45) is 0 Å². The van der Waals surface area contributed by atoms with Crippen molar-refractivity contribution < 1.29 is 4.79 Å². The smallest absolute Gasteiger partial charge is 0.255 e. The molecular formula is C16H14BrClN2O. The van der Waals surface area contributed by atoms with Crippen molar-refractivity contribution in [3.8, 4) is 0 Å². The van der Waals surface area contributed by atoms with Crippen LogP contribution >= 0.6 is 27.5 Å². The van der Waals surface area contributed by atoms with E-state index in [4.69, 9.17) is 11.6 Å². The van der Waals surface area contributed by atoms with Crippen LogP contribution in [0.1, 0.15) is 21.5 Å². The van der Waals surface area contributed by atoms with Crippen molar-refractivity contribution in [1.82, 2.24) is 5.32 Å².